The van der Waals surface area contributed by atoms with E-state index in [1.54, 1.807) is 6.33 Å². The van der Waals surface area contributed by atoms with E-state index in [0.717, 1.165) is 12.3 Å². The maximum absolute atomic E-state index is 4.03. The van der Waals surface area contributed by atoms with Crippen LogP contribution in [0.5, 0.6) is 0 Å². The Balaban J connectivity index is 0.000000531. The Morgan fingerprint density at radius 2 is 2.07 bits per heavy atom. The Labute approximate surface area is 92.8 Å². The summed E-state index contributed by atoms with van der Waals surface area (Å²) < 4.78 is 0. The zero-order chi connectivity index (χ0) is 11.1. The smallest absolute Gasteiger partial charge is 0.0921 e. The second-order valence-corrected chi connectivity index (χ2v) is 3.97. The van der Waals surface area contributed by atoms with Crippen molar-refractivity contribution in [2.45, 2.75) is 46.0 Å². The van der Waals surface area contributed by atoms with Gasteiger partial charge in [0.25, 0.3) is 0 Å². The number of rotatable bonds is 2. The third kappa shape index (κ3) is 3.90. The molecule has 0 unspecified atom stereocenters. The summed E-state index contributed by atoms with van der Waals surface area (Å²) in [6, 6.07) is 0. The summed E-state index contributed by atoms with van der Waals surface area (Å²) in [6.07, 6.45) is 9.90. The Morgan fingerprint density at radius 3 is 2.60 bits per heavy atom. The average molecular weight is 206 g/mol. The molecule has 0 atom stereocenters. The van der Waals surface area contributed by atoms with Gasteiger partial charge in [-0.05, 0) is 38.0 Å². The number of allylic oxidation sites excluding steroid dienone is 1. The third-order valence-electron chi connectivity index (χ3n) is 2.88. The van der Waals surface area contributed by atoms with E-state index in [0.29, 0.717) is 0 Å². The Morgan fingerprint density at radius 1 is 1.40 bits per heavy atom. The second kappa shape index (κ2) is 6.44. The van der Waals surface area contributed by atoms with E-state index in [2.05, 4.69) is 16.5 Å². The number of nitrogens with zero attached hydrogens (tertiary/aromatic N) is 1. The van der Waals surface area contributed by atoms with Crippen LogP contribution >= 0.6 is 0 Å². The van der Waals surface area contributed by atoms with Crippen LogP contribution in [0.3, 0.4) is 0 Å². The lowest BCUT2D eigenvalue weighted by Crippen LogP contribution is -2.10. The zero-order valence-electron chi connectivity index (χ0n) is 9.92. The van der Waals surface area contributed by atoms with Gasteiger partial charge in [0.05, 0.1) is 6.33 Å². The first-order chi connectivity index (χ1) is 7.34. The molecule has 1 aliphatic carbocycles. The predicted molar refractivity (Wildman–Crippen MR) is 64.7 cm³/mol. The minimum Gasteiger partial charge on any atom is -0.348 e. The minimum atomic E-state index is 0.839. The van der Waals surface area contributed by atoms with E-state index in [9.17, 15) is 0 Å². The van der Waals surface area contributed by atoms with Crippen molar-refractivity contribution in [1.29, 1.82) is 0 Å². The molecule has 84 valence electrons. The van der Waals surface area contributed by atoms with Crippen molar-refractivity contribution in [1.82, 2.24) is 9.97 Å². The molecule has 0 saturated heterocycles. The van der Waals surface area contributed by atoms with E-state index in [4.69, 9.17) is 0 Å². The summed E-state index contributed by atoms with van der Waals surface area (Å²) >= 11 is 0. The van der Waals surface area contributed by atoms with Crippen LogP contribution in [-0.4, -0.2) is 9.97 Å². The monoisotopic (exact) mass is 206 g/mol. The van der Waals surface area contributed by atoms with Crippen molar-refractivity contribution in [2.24, 2.45) is 5.92 Å². The highest BCUT2D eigenvalue weighted by Gasteiger charge is 2.15. The van der Waals surface area contributed by atoms with Crippen LogP contribution in [0.2, 0.25) is 0 Å². The van der Waals surface area contributed by atoms with Gasteiger partial charge in [-0.3, -0.25) is 0 Å². The van der Waals surface area contributed by atoms with Crippen molar-refractivity contribution in [3.8, 4) is 0 Å². The van der Waals surface area contributed by atoms with E-state index in [-0.39, 0.29) is 0 Å². The molecule has 0 amide bonds. The molecule has 1 N–H and O–H groups in total. The molecule has 2 nitrogen and oxygen atoms in total. The largest absolute Gasteiger partial charge is 0.348 e. The first kappa shape index (κ1) is 12.0. The van der Waals surface area contributed by atoms with Gasteiger partial charge in [0.2, 0.25) is 0 Å². The molecule has 2 heteroatoms. The molecule has 0 aromatic carbocycles. The van der Waals surface area contributed by atoms with Gasteiger partial charge < -0.3 is 4.98 Å². The number of imidazole rings is 1. The average Bonchev–Trinajstić information content (AvgIpc) is 2.77. The highest BCUT2D eigenvalue weighted by atomic mass is 14.9. The normalized spacial score (nSPS) is 17.1. The highest BCUT2D eigenvalue weighted by molar-refractivity contribution is 5.02. The maximum Gasteiger partial charge on any atom is 0.0921 e. The molecule has 1 aromatic rings. The van der Waals surface area contributed by atoms with Crippen molar-refractivity contribution in [3.05, 3.63) is 30.4 Å². The molecule has 1 aliphatic rings. The van der Waals surface area contributed by atoms with Crippen LogP contribution in [0.1, 0.15) is 45.2 Å². The quantitative estimate of drug-likeness (QED) is 0.734. The van der Waals surface area contributed by atoms with E-state index >= 15 is 0 Å². The standard InChI is InChI=1S/C11H16N2.C2H6/c1-9-2-4-10(5-3-9)6-11-7-12-8-13-11;1-2/h7-8,10H,1-6H2,(H,12,13);1-2H3. The summed E-state index contributed by atoms with van der Waals surface area (Å²) in [7, 11) is 0. The van der Waals surface area contributed by atoms with Gasteiger partial charge in [-0.25, -0.2) is 4.98 Å². The fourth-order valence-electron chi connectivity index (χ4n) is 2.00. The van der Waals surface area contributed by atoms with Gasteiger partial charge in [-0.1, -0.05) is 26.0 Å². The van der Waals surface area contributed by atoms with E-state index < -0.39 is 0 Å². The number of aromatic nitrogens is 2. The van der Waals surface area contributed by atoms with Crippen molar-refractivity contribution in [3.63, 3.8) is 0 Å². The molecule has 15 heavy (non-hydrogen) atoms. The van der Waals surface area contributed by atoms with Gasteiger partial charge >= 0.3 is 0 Å². The lowest BCUT2D eigenvalue weighted by atomic mass is 9.84. The maximum atomic E-state index is 4.03. The summed E-state index contributed by atoms with van der Waals surface area (Å²) in [5, 5.41) is 0. The Bertz CT molecular complexity index is 265. The molecule has 0 spiro atoms. The first-order valence-electron chi connectivity index (χ1n) is 5.98. The molecule has 1 aromatic heterocycles. The van der Waals surface area contributed by atoms with Crippen molar-refractivity contribution < 1.29 is 0 Å². The van der Waals surface area contributed by atoms with Crippen molar-refractivity contribution in [2.75, 3.05) is 0 Å². The number of nitrogens with one attached hydrogen (secondary N) is 1. The van der Waals surface area contributed by atoms with Crippen LogP contribution in [0.25, 0.3) is 0 Å². The number of hydrogen-bond acceptors (Lipinski definition) is 1. The fourth-order valence-corrected chi connectivity index (χ4v) is 2.00. The summed E-state index contributed by atoms with van der Waals surface area (Å²) in [5.41, 5.74) is 2.71. The molecule has 1 fully saturated rings. The molecular formula is C13H22N2. The fraction of sp³-hybridized carbons (Fsp3) is 0.615. The molecule has 2 rings (SSSR count). The highest BCUT2D eigenvalue weighted by Crippen LogP contribution is 2.28. The van der Waals surface area contributed by atoms with Crippen molar-refractivity contribution >= 4 is 0 Å². The van der Waals surface area contributed by atoms with Crippen LogP contribution in [0.15, 0.2) is 24.7 Å². The lowest BCUT2D eigenvalue weighted by molar-refractivity contribution is 0.405. The molecule has 0 bridgehead atoms. The predicted octanol–water partition coefficient (Wildman–Crippen LogP) is 3.72. The zero-order valence-corrected chi connectivity index (χ0v) is 9.92. The number of aromatic amines is 1. The van der Waals surface area contributed by atoms with Gasteiger partial charge in [0.1, 0.15) is 0 Å². The summed E-state index contributed by atoms with van der Waals surface area (Å²) in [4.78, 5) is 7.19. The minimum absolute atomic E-state index is 0.839. The van der Waals surface area contributed by atoms with Gasteiger partial charge in [0.15, 0.2) is 0 Å². The Kier molecular flexibility index (Phi) is 5.16. The lowest BCUT2D eigenvalue weighted by Gasteiger charge is -2.22. The number of H-pyrrole nitrogens is 1. The number of hydrogen-bond donors (Lipinski definition) is 1. The van der Waals surface area contributed by atoms with Gasteiger partial charge in [0, 0.05) is 11.9 Å². The Hall–Kier alpha value is -1.05. The van der Waals surface area contributed by atoms with Gasteiger partial charge in [-0.2, -0.15) is 0 Å². The molecule has 1 heterocycles. The molecule has 1 saturated carbocycles. The van der Waals surface area contributed by atoms with Crippen LogP contribution in [0.4, 0.5) is 0 Å². The molecule has 0 radical (unpaired) electrons. The topological polar surface area (TPSA) is 28.7 Å². The van der Waals surface area contributed by atoms with Crippen LogP contribution in [-0.2, 0) is 6.42 Å². The third-order valence-corrected chi connectivity index (χ3v) is 2.88. The molecular weight excluding hydrogens is 184 g/mol. The summed E-state index contributed by atoms with van der Waals surface area (Å²) in [6.45, 7) is 8.03. The molecule has 0 aliphatic heterocycles. The van der Waals surface area contributed by atoms with Crippen LogP contribution < -0.4 is 0 Å². The SMILES string of the molecule is C=C1CCC(Cc2cnc[nH]2)CC1.CC. The van der Waals surface area contributed by atoms with E-state index in [1.807, 2.05) is 20.0 Å². The second-order valence-electron chi connectivity index (χ2n) is 3.97. The van der Waals surface area contributed by atoms with E-state index in [1.165, 1.54) is 37.0 Å². The van der Waals surface area contributed by atoms with Crippen LogP contribution in [0, 0.1) is 5.92 Å². The summed E-state index contributed by atoms with van der Waals surface area (Å²) in [5.74, 6) is 0.839. The first-order valence-corrected chi connectivity index (χ1v) is 5.98. The van der Waals surface area contributed by atoms with Gasteiger partial charge in [-0.15, -0.1) is 0 Å².